The van der Waals surface area contributed by atoms with Crippen molar-refractivity contribution < 1.29 is 0 Å². The molecule has 2 aromatic carbocycles. The molecule has 1 aliphatic rings. The van der Waals surface area contributed by atoms with Gasteiger partial charge in [-0.15, -0.1) is 0 Å². The minimum atomic E-state index is 0.370. The summed E-state index contributed by atoms with van der Waals surface area (Å²) in [5, 5.41) is 11.9. The Balaban J connectivity index is 1.62. The van der Waals surface area contributed by atoms with E-state index in [4.69, 9.17) is 0 Å². The third-order valence-electron chi connectivity index (χ3n) is 7.33. The number of pyridine rings is 1. The molecule has 168 valence electrons. The van der Waals surface area contributed by atoms with E-state index in [0.29, 0.717) is 23.4 Å². The summed E-state index contributed by atoms with van der Waals surface area (Å²) in [6.45, 7) is 11.5. The van der Waals surface area contributed by atoms with Crippen LogP contribution in [0.1, 0.15) is 69.1 Å². The Labute approximate surface area is 196 Å². The lowest BCUT2D eigenvalue weighted by molar-refractivity contribution is 0.172. The van der Waals surface area contributed by atoms with Gasteiger partial charge in [0.05, 0.1) is 16.8 Å². The average Bonchev–Trinajstić information content (AvgIpc) is 3.22. The van der Waals surface area contributed by atoms with Crippen molar-refractivity contribution in [1.82, 2.24) is 14.9 Å². The summed E-state index contributed by atoms with van der Waals surface area (Å²) in [7, 11) is 0. The van der Waals surface area contributed by atoms with Crippen LogP contribution in [0.3, 0.4) is 0 Å². The Morgan fingerprint density at radius 1 is 1.03 bits per heavy atom. The maximum Gasteiger partial charge on any atom is 0.101 e. The quantitative estimate of drug-likeness (QED) is 0.376. The van der Waals surface area contributed by atoms with Crippen molar-refractivity contribution >= 4 is 21.8 Å². The highest BCUT2D eigenvalue weighted by atomic mass is 15.1. The molecule has 0 saturated carbocycles. The van der Waals surface area contributed by atoms with Crippen LogP contribution >= 0.6 is 0 Å². The van der Waals surface area contributed by atoms with Gasteiger partial charge in [0.15, 0.2) is 0 Å². The maximum atomic E-state index is 9.55. The van der Waals surface area contributed by atoms with E-state index in [2.05, 4.69) is 79.0 Å². The SMILES string of the molecule is CC(C)c1c(-c2ccc(C#N)c3ncccc23)[nH]c2ccc(C3CCN(C(C)C)CC3)cc12. The molecule has 0 amide bonds. The monoisotopic (exact) mass is 436 g/mol. The minimum absolute atomic E-state index is 0.370. The van der Waals surface area contributed by atoms with Crippen molar-refractivity contribution in [2.45, 2.75) is 58.4 Å². The predicted octanol–water partition coefficient (Wildman–Crippen LogP) is 6.97. The number of nitrogens with zero attached hydrogens (tertiary/aromatic N) is 3. The highest BCUT2D eigenvalue weighted by molar-refractivity contribution is 6.01. The Kier molecular flexibility index (Phi) is 5.68. The van der Waals surface area contributed by atoms with Gasteiger partial charge in [-0.2, -0.15) is 5.26 Å². The predicted molar refractivity (Wildman–Crippen MR) is 137 cm³/mol. The van der Waals surface area contributed by atoms with Gasteiger partial charge < -0.3 is 9.88 Å². The summed E-state index contributed by atoms with van der Waals surface area (Å²) >= 11 is 0. The Morgan fingerprint density at radius 2 is 1.82 bits per heavy atom. The van der Waals surface area contributed by atoms with Crippen LogP contribution in [0.2, 0.25) is 0 Å². The van der Waals surface area contributed by atoms with Gasteiger partial charge in [0.2, 0.25) is 0 Å². The van der Waals surface area contributed by atoms with Crippen molar-refractivity contribution in [3.05, 3.63) is 65.4 Å². The lowest BCUT2D eigenvalue weighted by atomic mass is 9.87. The molecule has 0 aliphatic carbocycles. The molecule has 0 bridgehead atoms. The van der Waals surface area contributed by atoms with Crippen LogP contribution in [0.25, 0.3) is 33.1 Å². The number of fused-ring (bicyclic) bond motifs is 2. The number of nitrogens with one attached hydrogen (secondary N) is 1. The zero-order chi connectivity index (χ0) is 23.1. The Morgan fingerprint density at radius 3 is 2.52 bits per heavy atom. The van der Waals surface area contributed by atoms with E-state index in [0.717, 1.165) is 22.2 Å². The van der Waals surface area contributed by atoms with Crippen LogP contribution in [-0.4, -0.2) is 34.0 Å². The molecule has 2 aromatic heterocycles. The lowest BCUT2D eigenvalue weighted by Crippen LogP contribution is -2.37. The molecule has 0 unspecified atom stereocenters. The fourth-order valence-corrected chi connectivity index (χ4v) is 5.53. The minimum Gasteiger partial charge on any atom is -0.354 e. The third kappa shape index (κ3) is 3.81. The normalized spacial score (nSPS) is 15.7. The summed E-state index contributed by atoms with van der Waals surface area (Å²) in [5.41, 5.74) is 7.64. The van der Waals surface area contributed by atoms with E-state index in [-0.39, 0.29) is 0 Å². The molecule has 1 saturated heterocycles. The summed E-state index contributed by atoms with van der Waals surface area (Å²) in [5.74, 6) is 0.997. The summed E-state index contributed by atoms with van der Waals surface area (Å²) in [6, 6.07) is 17.9. The molecule has 3 heterocycles. The first-order valence-electron chi connectivity index (χ1n) is 12.2. The van der Waals surface area contributed by atoms with E-state index in [1.165, 1.54) is 48.0 Å². The first-order chi connectivity index (χ1) is 16.0. The number of piperidine rings is 1. The molecule has 0 spiro atoms. The highest BCUT2D eigenvalue weighted by Crippen LogP contribution is 2.40. The third-order valence-corrected chi connectivity index (χ3v) is 7.33. The van der Waals surface area contributed by atoms with Crippen molar-refractivity contribution in [3.8, 4) is 17.3 Å². The van der Waals surface area contributed by atoms with Crippen molar-refractivity contribution in [2.75, 3.05) is 13.1 Å². The van der Waals surface area contributed by atoms with Gasteiger partial charge in [-0.1, -0.05) is 32.0 Å². The number of aromatic nitrogens is 2. The Bertz CT molecular complexity index is 1350. The first-order valence-corrected chi connectivity index (χ1v) is 12.2. The van der Waals surface area contributed by atoms with Gasteiger partial charge in [-0.05, 0) is 87.0 Å². The van der Waals surface area contributed by atoms with Gasteiger partial charge in [-0.25, -0.2) is 0 Å². The molecular formula is C29H32N4. The standard InChI is InChI=1S/C29H32N4/c1-18(2)27-25-16-21(20-11-14-33(15-12-20)19(3)4)8-10-26(25)32-29(27)24-9-7-22(17-30)28-23(24)6-5-13-31-28/h5-10,13,16,18-20,32H,11-12,14-15H2,1-4H3. The highest BCUT2D eigenvalue weighted by Gasteiger charge is 2.24. The molecule has 1 fully saturated rings. The van der Waals surface area contributed by atoms with E-state index < -0.39 is 0 Å². The van der Waals surface area contributed by atoms with Gasteiger partial charge in [0, 0.05) is 34.1 Å². The molecule has 4 heteroatoms. The van der Waals surface area contributed by atoms with Crippen LogP contribution in [0.5, 0.6) is 0 Å². The van der Waals surface area contributed by atoms with Crippen molar-refractivity contribution in [3.63, 3.8) is 0 Å². The van der Waals surface area contributed by atoms with Crippen LogP contribution in [0, 0.1) is 11.3 Å². The summed E-state index contributed by atoms with van der Waals surface area (Å²) in [6.07, 6.45) is 4.21. The second-order valence-electron chi connectivity index (χ2n) is 9.95. The van der Waals surface area contributed by atoms with E-state index in [1.54, 1.807) is 6.20 Å². The molecule has 4 aromatic rings. The van der Waals surface area contributed by atoms with E-state index in [9.17, 15) is 5.26 Å². The first kappa shape index (κ1) is 21.7. The van der Waals surface area contributed by atoms with Crippen LogP contribution in [0.4, 0.5) is 0 Å². The number of likely N-dealkylation sites (tertiary alicyclic amines) is 1. The van der Waals surface area contributed by atoms with E-state index >= 15 is 0 Å². The summed E-state index contributed by atoms with van der Waals surface area (Å²) in [4.78, 5) is 10.8. The van der Waals surface area contributed by atoms with E-state index in [1.807, 2.05) is 12.1 Å². The molecule has 0 radical (unpaired) electrons. The Hall–Kier alpha value is -3.16. The molecule has 1 N–H and O–H groups in total. The summed E-state index contributed by atoms with van der Waals surface area (Å²) < 4.78 is 0. The smallest absolute Gasteiger partial charge is 0.101 e. The van der Waals surface area contributed by atoms with Crippen LogP contribution < -0.4 is 0 Å². The van der Waals surface area contributed by atoms with Gasteiger partial charge >= 0.3 is 0 Å². The number of H-pyrrole nitrogens is 1. The average molecular weight is 437 g/mol. The number of nitriles is 1. The molecule has 4 nitrogen and oxygen atoms in total. The fraction of sp³-hybridized carbons (Fsp3) is 0.379. The number of rotatable bonds is 4. The molecule has 5 rings (SSSR count). The maximum absolute atomic E-state index is 9.55. The fourth-order valence-electron chi connectivity index (χ4n) is 5.53. The second-order valence-corrected chi connectivity index (χ2v) is 9.95. The topological polar surface area (TPSA) is 55.7 Å². The zero-order valence-electron chi connectivity index (χ0n) is 20.0. The molecular weight excluding hydrogens is 404 g/mol. The number of hydrogen-bond acceptors (Lipinski definition) is 3. The van der Waals surface area contributed by atoms with Gasteiger partial charge in [0.1, 0.15) is 6.07 Å². The second kappa shape index (κ2) is 8.65. The number of hydrogen-bond donors (Lipinski definition) is 1. The van der Waals surface area contributed by atoms with Gasteiger partial charge in [0.25, 0.3) is 0 Å². The lowest BCUT2D eigenvalue weighted by Gasteiger charge is -2.34. The van der Waals surface area contributed by atoms with Crippen LogP contribution in [0.15, 0.2) is 48.7 Å². The molecule has 0 atom stereocenters. The van der Waals surface area contributed by atoms with Crippen LogP contribution in [-0.2, 0) is 0 Å². The van der Waals surface area contributed by atoms with Crippen molar-refractivity contribution in [1.29, 1.82) is 5.26 Å². The van der Waals surface area contributed by atoms with Gasteiger partial charge in [-0.3, -0.25) is 4.98 Å². The number of benzene rings is 2. The largest absolute Gasteiger partial charge is 0.354 e. The zero-order valence-corrected chi connectivity index (χ0v) is 20.0. The number of aromatic amines is 1. The van der Waals surface area contributed by atoms with Crippen molar-refractivity contribution in [2.24, 2.45) is 0 Å². The molecule has 1 aliphatic heterocycles. The molecule has 33 heavy (non-hydrogen) atoms.